The number of ether oxygens (including phenoxy) is 1. The van der Waals surface area contributed by atoms with Crippen LogP contribution in [0, 0.1) is 17.0 Å². The molecule has 1 N–H and O–H groups in total. The van der Waals surface area contributed by atoms with E-state index >= 15 is 0 Å². The van der Waals surface area contributed by atoms with Crippen molar-refractivity contribution in [3.63, 3.8) is 0 Å². The van der Waals surface area contributed by atoms with Crippen LogP contribution in [0.5, 0.6) is 5.75 Å². The molecule has 5 rings (SSSR count). The summed E-state index contributed by atoms with van der Waals surface area (Å²) in [5, 5.41) is 24.6. The monoisotopic (exact) mass is 613 g/mol. The first-order chi connectivity index (χ1) is 20.9. The number of thioether (sulfide) groups is 1. The quantitative estimate of drug-likeness (QED) is 0.0924. The van der Waals surface area contributed by atoms with Crippen LogP contribution in [0.4, 0.5) is 5.69 Å². The molecule has 1 aromatic heterocycles. The van der Waals surface area contributed by atoms with Gasteiger partial charge in [0, 0.05) is 28.6 Å². The van der Waals surface area contributed by atoms with E-state index in [0.717, 1.165) is 16.7 Å². The van der Waals surface area contributed by atoms with Gasteiger partial charge >= 0.3 is 0 Å². The number of nitrogens with one attached hydrogen (secondary N) is 1. The number of aryl methyl sites for hydroxylation is 1. The highest BCUT2D eigenvalue weighted by Gasteiger charge is 2.25. The van der Waals surface area contributed by atoms with E-state index < -0.39 is 11.0 Å². The third-order valence-corrected chi connectivity index (χ3v) is 7.79. The third kappa shape index (κ3) is 8.00. The summed E-state index contributed by atoms with van der Waals surface area (Å²) in [4.78, 5) is 24.1. The van der Waals surface area contributed by atoms with Gasteiger partial charge in [0.2, 0.25) is 0 Å². The molecule has 0 aliphatic heterocycles. The summed E-state index contributed by atoms with van der Waals surface area (Å²) < 4.78 is 7.53. The summed E-state index contributed by atoms with van der Waals surface area (Å²) in [6.45, 7) is 1.83. The number of benzene rings is 4. The van der Waals surface area contributed by atoms with E-state index in [2.05, 4.69) is 21.6 Å². The molecule has 1 amide bonds. The van der Waals surface area contributed by atoms with Crippen molar-refractivity contribution in [2.75, 3.05) is 6.61 Å². The number of carbonyl (C=O) groups excluding carboxylic acids is 1. The van der Waals surface area contributed by atoms with E-state index in [-0.39, 0.29) is 18.2 Å². The normalized spacial score (nSPS) is 11.6. The minimum Gasteiger partial charge on any atom is -0.484 e. The zero-order valence-corrected chi connectivity index (χ0v) is 24.8. The topological polar surface area (TPSA) is 112 Å². The van der Waals surface area contributed by atoms with Gasteiger partial charge in [0.1, 0.15) is 5.75 Å². The largest absolute Gasteiger partial charge is 0.484 e. The third-order valence-electron chi connectivity index (χ3n) is 6.54. The Hall–Kier alpha value is -4.67. The van der Waals surface area contributed by atoms with Crippen LogP contribution in [0.15, 0.2) is 108 Å². The molecule has 5 aromatic rings. The molecule has 0 radical (unpaired) electrons. The van der Waals surface area contributed by atoms with Gasteiger partial charge in [0.15, 0.2) is 17.6 Å². The lowest BCUT2D eigenvalue weighted by molar-refractivity contribution is -0.384. The summed E-state index contributed by atoms with van der Waals surface area (Å²) in [7, 11) is 0. The Morgan fingerprint density at radius 1 is 0.977 bits per heavy atom. The fourth-order valence-electron chi connectivity index (χ4n) is 4.49. The Morgan fingerprint density at radius 2 is 1.70 bits per heavy atom. The second-order valence-corrected chi connectivity index (χ2v) is 11.2. The highest BCUT2D eigenvalue weighted by Crippen LogP contribution is 2.30. The van der Waals surface area contributed by atoms with Crippen LogP contribution in [0.2, 0.25) is 5.02 Å². The van der Waals surface area contributed by atoms with Gasteiger partial charge < -0.3 is 10.1 Å². The Morgan fingerprint density at radius 3 is 2.40 bits per heavy atom. The van der Waals surface area contributed by atoms with Gasteiger partial charge in [-0.1, -0.05) is 83.5 Å². The fraction of sp³-hybridized carbons (Fsp3) is 0.156. The van der Waals surface area contributed by atoms with Crippen LogP contribution in [0.3, 0.4) is 0 Å². The number of hydrogen-bond donors (Lipinski definition) is 1. The molecule has 0 saturated carbocycles. The zero-order chi connectivity index (χ0) is 30.2. The number of amides is 1. The van der Waals surface area contributed by atoms with Crippen molar-refractivity contribution < 1.29 is 14.5 Å². The van der Waals surface area contributed by atoms with Gasteiger partial charge in [-0.2, -0.15) is 0 Å². The fourth-order valence-corrected chi connectivity index (χ4v) is 5.52. The molecule has 0 fully saturated rings. The van der Waals surface area contributed by atoms with Crippen LogP contribution in [0.25, 0.3) is 5.69 Å². The van der Waals surface area contributed by atoms with Crippen molar-refractivity contribution in [3.8, 4) is 11.4 Å². The number of nitro benzene ring substituents is 1. The highest BCUT2D eigenvalue weighted by atomic mass is 35.5. The van der Waals surface area contributed by atoms with Crippen LogP contribution in [-0.4, -0.2) is 32.2 Å². The molecule has 4 aromatic carbocycles. The number of rotatable bonds is 12. The van der Waals surface area contributed by atoms with E-state index in [1.807, 2.05) is 60.0 Å². The van der Waals surface area contributed by atoms with Crippen molar-refractivity contribution in [3.05, 3.63) is 141 Å². The summed E-state index contributed by atoms with van der Waals surface area (Å²) in [6.07, 6.45) is 0.432. The highest BCUT2D eigenvalue weighted by molar-refractivity contribution is 7.98. The van der Waals surface area contributed by atoms with Gasteiger partial charge in [-0.25, -0.2) is 0 Å². The SMILES string of the molecule is Cc1cccc(CSc2nnc(C(Cc3ccccc3)NC(=O)COc3ccc(Cl)cc3)n2-c2ccc([N+](=O)[O-])cc2)c1. The molecule has 0 saturated heterocycles. The molecule has 0 bridgehead atoms. The lowest BCUT2D eigenvalue weighted by Gasteiger charge is -2.20. The second-order valence-electron chi connectivity index (χ2n) is 9.78. The molecule has 0 aliphatic rings. The average Bonchev–Trinajstić information content (AvgIpc) is 3.44. The van der Waals surface area contributed by atoms with Crippen molar-refractivity contribution in [1.29, 1.82) is 0 Å². The number of hydrogen-bond acceptors (Lipinski definition) is 7. The van der Waals surface area contributed by atoms with Crippen molar-refractivity contribution in [2.24, 2.45) is 0 Å². The Balaban J connectivity index is 1.47. The number of nitro groups is 1. The molecule has 1 unspecified atom stereocenters. The van der Waals surface area contributed by atoms with E-state index in [1.54, 1.807) is 36.4 Å². The summed E-state index contributed by atoms with van der Waals surface area (Å²) in [5.74, 6) is 1.30. The first kappa shape index (κ1) is 29.8. The summed E-state index contributed by atoms with van der Waals surface area (Å²) in [6, 6.07) is 30.3. The standard InChI is InChI=1S/C32H28ClN5O4S/c1-22-6-5-9-24(18-22)21-43-32-36-35-31(37(32)26-12-14-27(15-13-26)38(40)41)29(19-23-7-3-2-4-8-23)34-30(39)20-42-28-16-10-25(33)11-17-28/h2-18,29H,19-21H2,1H3,(H,34,39). The minimum absolute atomic E-state index is 0.0270. The first-order valence-electron chi connectivity index (χ1n) is 13.5. The van der Waals surface area contributed by atoms with Crippen LogP contribution in [-0.2, 0) is 17.0 Å². The number of aromatic nitrogens is 3. The number of halogens is 1. The van der Waals surface area contributed by atoms with E-state index in [4.69, 9.17) is 16.3 Å². The van der Waals surface area contributed by atoms with Gasteiger partial charge in [0.05, 0.1) is 11.0 Å². The maximum absolute atomic E-state index is 13.2. The molecule has 9 nitrogen and oxygen atoms in total. The number of non-ortho nitro benzene ring substituents is 1. The Labute approximate surface area is 258 Å². The van der Waals surface area contributed by atoms with Gasteiger partial charge in [-0.05, 0) is 60.9 Å². The molecule has 11 heteroatoms. The maximum atomic E-state index is 13.2. The van der Waals surface area contributed by atoms with Crippen molar-refractivity contribution in [2.45, 2.75) is 30.3 Å². The van der Waals surface area contributed by atoms with Crippen molar-refractivity contribution >= 4 is 35.0 Å². The summed E-state index contributed by atoms with van der Waals surface area (Å²) in [5.41, 5.74) is 3.88. The Kier molecular flexibility index (Phi) is 9.70. The van der Waals surface area contributed by atoms with E-state index in [1.165, 1.54) is 23.9 Å². The minimum atomic E-state index is -0.584. The van der Waals surface area contributed by atoms with E-state index in [9.17, 15) is 14.9 Å². The first-order valence-corrected chi connectivity index (χ1v) is 14.8. The maximum Gasteiger partial charge on any atom is 0.269 e. The number of nitrogens with zero attached hydrogens (tertiary/aromatic N) is 4. The van der Waals surface area contributed by atoms with Crippen LogP contribution >= 0.6 is 23.4 Å². The molecule has 1 heterocycles. The van der Waals surface area contributed by atoms with Gasteiger partial charge in [0.25, 0.3) is 11.6 Å². The summed E-state index contributed by atoms with van der Waals surface area (Å²) >= 11 is 7.45. The van der Waals surface area contributed by atoms with Crippen molar-refractivity contribution in [1.82, 2.24) is 20.1 Å². The average molecular weight is 614 g/mol. The zero-order valence-electron chi connectivity index (χ0n) is 23.2. The predicted molar refractivity (Wildman–Crippen MR) is 167 cm³/mol. The second kappa shape index (κ2) is 14.0. The van der Waals surface area contributed by atoms with E-state index in [0.29, 0.717) is 39.6 Å². The smallest absolute Gasteiger partial charge is 0.269 e. The number of carbonyl (C=O) groups is 1. The molecule has 0 spiro atoms. The molecular formula is C32H28ClN5O4S. The lowest BCUT2D eigenvalue weighted by Crippen LogP contribution is -2.35. The lowest BCUT2D eigenvalue weighted by atomic mass is 10.0. The molecule has 1 atom stereocenters. The molecule has 43 heavy (non-hydrogen) atoms. The predicted octanol–water partition coefficient (Wildman–Crippen LogP) is 6.91. The molecular weight excluding hydrogens is 586 g/mol. The Bertz CT molecular complexity index is 1700. The molecule has 218 valence electrons. The molecule has 0 aliphatic carbocycles. The van der Waals surface area contributed by atoms with Gasteiger partial charge in [-0.15, -0.1) is 10.2 Å². The van der Waals surface area contributed by atoms with Crippen LogP contribution < -0.4 is 10.1 Å². The van der Waals surface area contributed by atoms with Crippen LogP contribution in [0.1, 0.15) is 28.6 Å². The van der Waals surface area contributed by atoms with Gasteiger partial charge in [-0.3, -0.25) is 19.5 Å².